The lowest BCUT2D eigenvalue weighted by atomic mass is 9.75. The molecule has 33 heavy (non-hydrogen) atoms. The number of hydrogen-bond donors (Lipinski definition) is 0. The Morgan fingerprint density at radius 2 is 1.91 bits per heavy atom. The van der Waals surface area contributed by atoms with Crippen LogP contribution in [0, 0.1) is 11.8 Å². The van der Waals surface area contributed by atoms with Gasteiger partial charge in [-0.25, -0.2) is 4.98 Å². The molecule has 1 aliphatic heterocycles. The molecule has 1 aromatic heterocycles. The first-order chi connectivity index (χ1) is 15.7. The molecule has 1 saturated heterocycles. The quantitative estimate of drug-likeness (QED) is 0.358. The van der Waals surface area contributed by atoms with Gasteiger partial charge in [-0.3, -0.25) is 13.9 Å². The van der Waals surface area contributed by atoms with Gasteiger partial charge >= 0.3 is 5.97 Å². The molecule has 2 atom stereocenters. The maximum absolute atomic E-state index is 13.6. The van der Waals surface area contributed by atoms with Gasteiger partial charge < -0.3 is 4.74 Å². The summed E-state index contributed by atoms with van der Waals surface area (Å²) in [5.41, 5.74) is 1.73. The number of ketones is 1. The lowest BCUT2D eigenvalue weighted by molar-refractivity contribution is -0.154. The van der Waals surface area contributed by atoms with Crippen molar-refractivity contribution in [3.8, 4) is 0 Å². The van der Waals surface area contributed by atoms with Crippen LogP contribution in [0.1, 0.15) is 63.9 Å². The predicted octanol–water partition coefficient (Wildman–Crippen LogP) is 4.54. The van der Waals surface area contributed by atoms with E-state index in [4.69, 9.17) is 4.74 Å². The number of carbonyl (C=O) groups excluding carboxylic acids is 2. The second-order valence-electron chi connectivity index (χ2n) is 9.01. The molecule has 0 N–H and O–H groups in total. The second kappa shape index (κ2) is 9.18. The van der Waals surface area contributed by atoms with Crippen LogP contribution in [-0.4, -0.2) is 37.8 Å². The number of esters is 1. The molecule has 2 aromatic rings. The van der Waals surface area contributed by atoms with Crippen LogP contribution in [0.2, 0.25) is 0 Å². The van der Waals surface area contributed by atoms with Crippen molar-refractivity contribution in [2.75, 3.05) is 11.4 Å². The summed E-state index contributed by atoms with van der Waals surface area (Å²) in [7, 11) is -2.31. The monoisotopic (exact) mass is 490 g/mol. The van der Waals surface area contributed by atoms with E-state index in [-0.39, 0.29) is 22.6 Å². The third-order valence-electron chi connectivity index (χ3n) is 6.73. The summed E-state index contributed by atoms with van der Waals surface area (Å²) in [5, 5.41) is 1.49. The Hall–Kier alpha value is -2.26. The molecule has 1 saturated carbocycles. The van der Waals surface area contributed by atoms with Crippen molar-refractivity contribution < 1.29 is 22.7 Å². The van der Waals surface area contributed by atoms with Gasteiger partial charge in [-0.05, 0) is 49.3 Å². The molecular weight excluding hydrogens is 460 g/mol. The minimum Gasteiger partial charge on any atom is -0.450 e. The molecule has 0 spiro atoms. The smallest absolute Gasteiger partial charge is 0.318 e. The predicted molar refractivity (Wildman–Crippen MR) is 127 cm³/mol. The van der Waals surface area contributed by atoms with Crippen molar-refractivity contribution >= 4 is 38.8 Å². The van der Waals surface area contributed by atoms with Gasteiger partial charge in [-0.1, -0.05) is 38.8 Å². The molecule has 0 radical (unpaired) electrons. The van der Waals surface area contributed by atoms with E-state index in [9.17, 15) is 18.0 Å². The topological polar surface area (TPSA) is 93.6 Å². The summed E-state index contributed by atoms with van der Waals surface area (Å²) in [6.07, 6.45) is 4.46. The molecule has 0 bridgehead atoms. The van der Waals surface area contributed by atoms with Gasteiger partial charge in [-0.15, -0.1) is 11.3 Å². The van der Waals surface area contributed by atoms with Gasteiger partial charge in [0.05, 0.1) is 11.2 Å². The van der Waals surface area contributed by atoms with E-state index in [1.807, 2.05) is 19.9 Å². The van der Waals surface area contributed by atoms with Crippen LogP contribution >= 0.6 is 11.3 Å². The fourth-order valence-electron chi connectivity index (χ4n) is 5.02. The largest absolute Gasteiger partial charge is 0.450 e. The summed E-state index contributed by atoms with van der Waals surface area (Å²) in [6, 6.07) is 7.16. The van der Waals surface area contributed by atoms with Gasteiger partial charge in [0.1, 0.15) is 5.92 Å². The highest BCUT2D eigenvalue weighted by Gasteiger charge is 2.58. The molecule has 0 amide bonds. The number of nitrogens with zero attached hydrogens (tertiary/aromatic N) is 2. The van der Waals surface area contributed by atoms with E-state index in [1.165, 1.54) is 33.6 Å². The number of hydrogen-bond acceptors (Lipinski definition) is 7. The molecule has 178 valence electrons. The Bertz CT molecular complexity index is 1120. The lowest BCUT2D eigenvalue weighted by Crippen LogP contribution is -2.38. The van der Waals surface area contributed by atoms with E-state index in [2.05, 4.69) is 4.98 Å². The van der Waals surface area contributed by atoms with Gasteiger partial charge in [0.25, 0.3) is 10.0 Å². The van der Waals surface area contributed by atoms with Crippen LogP contribution < -0.4 is 4.31 Å². The van der Waals surface area contributed by atoms with Gasteiger partial charge in [0.15, 0.2) is 16.4 Å². The first-order valence-electron chi connectivity index (χ1n) is 11.5. The van der Waals surface area contributed by atoms with E-state index in [0.29, 0.717) is 18.5 Å². The first-order valence-corrected chi connectivity index (χ1v) is 13.9. The van der Waals surface area contributed by atoms with Crippen LogP contribution in [-0.2, 0) is 24.3 Å². The molecule has 7 nitrogen and oxygen atoms in total. The SMILES string of the molecule is CCCC1(CCC)OC(=O)C(C(c2cccc(N(C)S(=O)(=O)c3cscn3)c2)C2CC2)C1=O. The minimum atomic E-state index is -3.80. The zero-order valence-corrected chi connectivity index (χ0v) is 20.8. The Labute approximate surface area is 199 Å². The van der Waals surface area contributed by atoms with Crippen LogP contribution in [0.3, 0.4) is 0 Å². The molecule has 2 aliphatic rings. The molecule has 4 rings (SSSR count). The number of ether oxygens (including phenoxy) is 1. The van der Waals surface area contributed by atoms with Crippen LogP contribution in [0.4, 0.5) is 5.69 Å². The van der Waals surface area contributed by atoms with E-state index in [0.717, 1.165) is 31.2 Å². The third-order valence-corrected chi connectivity index (χ3v) is 9.15. The molecule has 2 heterocycles. The number of Topliss-reactive ketones (excluding diaryl/α,β-unsaturated/α-hetero) is 1. The average Bonchev–Trinajstić information content (AvgIpc) is 3.39. The highest BCUT2D eigenvalue weighted by molar-refractivity contribution is 7.92. The molecule has 2 unspecified atom stereocenters. The van der Waals surface area contributed by atoms with Crippen molar-refractivity contribution in [1.29, 1.82) is 0 Å². The Kier molecular flexibility index (Phi) is 6.64. The highest BCUT2D eigenvalue weighted by atomic mass is 32.2. The normalized spacial score (nSPS) is 21.1. The number of sulfonamides is 1. The van der Waals surface area contributed by atoms with Crippen molar-refractivity contribution in [3.63, 3.8) is 0 Å². The summed E-state index contributed by atoms with van der Waals surface area (Å²) in [5.74, 6) is -1.49. The molecule has 9 heteroatoms. The maximum Gasteiger partial charge on any atom is 0.318 e. The van der Waals surface area contributed by atoms with Crippen molar-refractivity contribution in [1.82, 2.24) is 4.98 Å². The number of anilines is 1. The summed E-state index contributed by atoms with van der Waals surface area (Å²) < 4.78 is 32.9. The fraction of sp³-hybridized carbons (Fsp3) is 0.542. The minimum absolute atomic E-state index is 0.00221. The van der Waals surface area contributed by atoms with Gasteiger partial charge in [0, 0.05) is 18.3 Å². The number of carbonyl (C=O) groups is 2. The van der Waals surface area contributed by atoms with Crippen LogP contribution in [0.15, 0.2) is 40.2 Å². The van der Waals surface area contributed by atoms with E-state index in [1.54, 1.807) is 18.2 Å². The maximum atomic E-state index is 13.6. The number of benzene rings is 1. The molecule has 2 fully saturated rings. The zero-order chi connectivity index (χ0) is 23.8. The Morgan fingerprint density at radius 1 is 1.21 bits per heavy atom. The van der Waals surface area contributed by atoms with Crippen LogP contribution in [0.25, 0.3) is 0 Å². The van der Waals surface area contributed by atoms with Crippen molar-refractivity contribution in [3.05, 3.63) is 40.7 Å². The average molecular weight is 491 g/mol. The summed E-state index contributed by atoms with van der Waals surface area (Å²) in [6.45, 7) is 3.98. The van der Waals surface area contributed by atoms with Crippen molar-refractivity contribution in [2.45, 2.75) is 68.9 Å². The van der Waals surface area contributed by atoms with E-state index < -0.39 is 27.5 Å². The number of thiazole rings is 1. The molecule has 1 aromatic carbocycles. The van der Waals surface area contributed by atoms with Crippen molar-refractivity contribution in [2.24, 2.45) is 11.8 Å². The first kappa shape index (κ1) is 23.9. The molecule has 1 aliphatic carbocycles. The van der Waals surface area contributed by atoms with Gasteiger partial charge in [0.2, 0.25) is 0 Å². The lowest BCUT2D eigenvalue weighted by Gasteiger charge is -2.26. The number of rotatable bonds is 10. The number of cyclic esters (lactones) is 1. The van der Waals surface area contributed by atoms with Crippen LogP contribution in [0.5, 0.6) is 0 Å². The molecular formula is C24H30N2O5S2. The third kappa shape index (κ3) is 4.33. The summed E-state index contributed by atoms with van der Waals surface area (Å²) in [4.78, 5) is 30.7. The fourth-order valence-corrected chi connectivity index (χ4v) is 7.01. The highest BCUT2D eigenvalue weighted by Crippen LogP contribution is 2.52. The van der Waals surface area contributed by atoms with E-state index >= 15 is 0 Å². The van der Waals surface area contributed by atoms with Gasteiger partial charge in [-0.2, -0.15) is 8.42 Å². The Balaban J connectivity index is 1.69. The second-order valence-corrected chi connectivity index (χ2v) is 11.6. The zero-order valence-electron chi connectivity index (χ0n) is 19.2. The summed E-state index contributed by atoms with van der Waals surface area (Å²) >= 11 is 1.22. The Morgan fingerprint density at radius 3 is 2.48 bits per heavy atom. The number of aromatic nitrogens is 1. The standard InChI is InChI=1S/C24H30N2O5S2/c1-4-11-24(12-5-2)22(27)21(23(28)31-24)20(16-9-10-16)17-7-6-8-18(13-17)26(3)33(29,30)19-14-32-15-25-19/h6-8,13-16,20-21H,4-5,9-12H2,1-3H3.